The molecule has 0 radical (unpaired) electrons. The lowest BCUT2D eigenvalue weighted by atomic mass is 10.2. The maximum Gasteiger partial charge on any atom is 0.273 e. The van der Waals surface area contributed by atoms with Crippen LogP contribution in [0.25, 0.3) is 10.3 Å². The maximum absolute atomic E-state index is 13.1. The van der Waals surface area contributed by atoms with Crippen LogP contribution in [0.2, 0.25) is 5.02 Å². The average molecular weight is 368 g/mol. The summed E-state index contributed by atoms with van der Waals surface area (Å²) in [5.41, 5.74) is 0.992. The number of halogens is 2. The quantitative estimate of drug-likeness (QED) is 0.516. The Hall–Kier alpha value is -1.83. The Morgan fingerprint density at radius 2 is 2.26 bits per heavy atom. The largest absolute Gasteiger partial charge is 0.304 e. The second kappa shape index (κ2) is 6.35. The molecule has 0 unspecified atom stereocenters. The molecule has 8 heteroatoms. The van der Waals surface area contributed by atoms with E-state index in [0.29, 0.717) is 26.4 Å². The van der Waals surface area contributed by atoms with Crippen molar-refractivity contribution in [2.75, 3.05) is 0 Å². The predicted molar refractivity (Wildman–Crippen MR) is 93.4 cm³/mol. The first-order chi connectivity index (χ1) is 11.0. The zero-order valence-electron chi connectivity index (χ0n) is 11.8. The lowest BCUT2D eigenvalue weighted by Gasteiger charge is -2.07. The first-order valence-corrected chi connectivity index (χ1v) is 8.25. The zero-order valence-corrected chi connectivity index (χ0v) is 14.2. The molecule has 0 aliphatic heterocycles. The Morgan fingerprint density at radius 3 is 2.96 bits per heavy atom. The van der Waals surface area contributed by atoms with Gasteiger partial charge in [0.2, 0.25) is 0 Å². The Labute approximate surface area is 145 Å². The molecule has 0 fully saturated rings. The van der Waals surface area contributed by atoms with Crippen LogP contribution in [0, 0.1) is 9.77 Å². The van der Waals surface area contributed by atoms with E-state index in [9.17, 15) is 9.18 Å². The van der Waals surface area contributed by atoms with E-state index in [1.165, 1.54) is 34.4 Å². The minimum Gasteiger partial charge on any atom is -0.304 e. The molecular formula is C15H11ClFN3OS2. The summed E-state index contributed by atoms with van der Waals surface area (Å²) in [6.45, 7) is 4.39. The van der Waals surface area contributed by atoms with E-state index in [-0.39, 0.29) is 17.1 Å². The molecule has 0 saturated carbocycles. The summed E-state index contributed by atoms with van der Waals surface area (Å²) in [7, 11) is 0. The van der Waals surface area contributed by atoms with E-state index in [2.05, 4.69) is 11.6 Å². The van der Waals surface area contributed by atoms with Gasteiger partial charge >= 0.3 is 0 Å². The van der Waals surface area contributed by atoms with Crippen LogP contribution in [-0.4, -0.2) is 14.1 Å². The van der Waals surface area contributed by atoms with E-state index in [1.807, 2.05) is 0 Å². The van der Waals surface area contributed by atoms with Gasteiger partial charge in [0.25, 0.3) is 5.56 Å². The number of rotatable bonds is 4. The van der Waals surface area contributed by atoms with Gasteiger partial charge in [-0.1, -0.05) is 35.1 Å². The van der Waals surface area contributed by atoms with E-state index >= 15 is 0 Å². The molecule has 0 spiro atoms. The summed E-state index contributed by atoms with van der Waals surface area (Å²) in [4.78, 5) is 16.9. The van der Waals surface area contributed by atoms with Gasteiger partial charge in [-0.3, -0.25) is 9.36 Å². The van der Waals surface area contributed by atoms with Crippen LogP contribution in [0.3, 0.4) is 0 Å². The molecule has 0 atom stereocenters. The van der Waals surface area contributed by atoms with Crippen LogP contribution in [-0.2, 0) is 13.1 Å². The van der Waals surface area contributed by atoms with Gasteiger partial charge < -0.3 is 4.57 Å². The molecule has 2 aromatic heterocycles. The standard InChI is InChI=1S/C15H11ClFN3OS2/c1-2-5-20-13-12(23-15(20)22)14(21)19(8-18-13)7-9-3-4-10(17)6-11(9)16/h2-4,6,8H,1,5,7H2. The Morgan fingerprint density at radius 1 is 1.48 bits per heavy atom. The zero-order chi connectivity index (χ0) is 16.6. The molecule has 0 aliphatic rings. The highest BCUT2D eigenvalue weighted by Gasteiger charge is 2.12. The van der Waals surface area contributed by atoms with Crippen molar-refractivity contribution in [2.24, 2.45) is 0 Å². The fourth-order valence-electron chi connectivity index (χ4n) is 2.21. The van der Waals surface area contributed by atoms with Crippen molar-refractivity contribution in [1.29, 1.82) is 0 Å². The predicted octanol–water partition coefficient (Wildman–Crippen LogP) is 4.02. The van der Waals surface area contributed by atoms with E-state index in [1.54, 1.807) is 16.7 Å². The highest BCUT2D eigenvalue weighted by Crippen LogP contribution is 2.20. The van der Waals surface area contributed by atoms with Gasteiger partial charge in [0.05, 0.1) is 6.54 Å². The van der Waals surface area contributed by atoms with Gasteiger partial charge in [-0.15, -0.1) is 6.58 Å². The second-order valence-corrected chi connectivity index (χ2v) is 6.88. The van der Waals surface area contributed by atoms with Crippen LogP contribution in [0.1, 0.15) is 5.56 Å². The number of hydrogen-bond donors (Lipinski definition) is 0. The van der Waals surface area contributed by atoms with Gasteiger partial charge in [-0.2, -0.15) is 0 Å². The molecule has 3 aromatic rings. The third-order valence-electron chi connectivity index (χ3n) is 3.31. The molecule has 23 heavy (non-hydrogen) atoms. The van der Waals surface area contributed by atoms with Gasteiger partial charge in [0.15, 0.2) is 9.60 Å². The Bertz CT molecular complexity index is 1020. The minimum atomic E-state index is -0.417. The van der Waals surface area contributed by atoms with Crippen LogP contribution >= 0.6 is 35.2 Å². The molecule has 3 rings (SSSR count). The molecule has 0 saturated heterocycles. The highest BCUT2D eigenvalue weighted by molar-refractivity contribution is 7.73. The normalized spacial score (nSPS) is 11.0. The summed E-state index contributed by atoms with van der Waals surface area (Å²) in [6.07, 6.45) is 3.15. The third kappa shape index (κ3) is 2.99. The van der Waals surface area contributed by atoms with Crippen LogP contribution in [0.15, 0.2) is 42.0 Å². The summed E-state index contributed by atoms with van der Waals surface area (Å²) in [5.74, 6) is -0.417. The molecule has 0 N–H and O–H groups in total. The van der Waals surface area contributed by atoms with Crippen molar-refractivity contribution in [2.45, 2.75) is 13.1 Å². The first-order valence-electron chi connectivity index (χ1n) is 6.65. The van der Waals surface area contributed by atoms with Crippen molar-refractivity contribution in [3.05, 3.63) is 67.9 Å². The number of nitrogens with zero attached hydrogens (tertiary/aromatic N) is 3. The van der Waals surface area contributed by atoms with Crippen molar-refractivity contribution in [3.8, 4) is 0 Å². The monoisotopic (exact) mass is 367 g/mol. The molecule has 0 bridgehead atoms. The highest BCUT2D eigenvalue weighted by atomic mass is 35.5. The van der Waals surface area contributed by atoms with Gasteiger partial charge in [-0.05, 0) is 29.9 Å². The number of fused-ring (bicyclic) bond motifs is 1. The SMILES string of the molecule is C=CCn1c(=S)sc2c(=O)n(Cc3ccc(F)cc3Cl)cnc21. The summed E-state index contributed by atoms with van der Waals surface area (Å²) in [5, 5.41) is 0.272. The fraction of sp³-hybridized carbons (Fsp3) is 0.133. The number of allylic oxidation sites excluding steroid dienone is 1. The van der Waals surface area contributed by atoms with Crippen LogP contribution < -0.4 is 5.56 Å². The molecule has 118 valence electrons. The third-order valence-corrected chi connectivity index (χ3v) is 5.09. The Kier molecular flexibility index (Phi) is 4.43. The van der Waals surface area contributed by atoms with Crippen molar-refractivity contribution in [3.63, 3.8) is 0 Å². The second-order valence-electron chi connectivity index (χ2n) is 4.83. The van der Waals surface area contributed by atoms with Gasteiger partial charge in [-0.25, -0.2) is 9.37 Å². The van der Waals surface area contributed by atoms with Gasteiger partial charge in [0.1, 0.15) is 16.8 Å². The van der Waals surface area contributed by atoms with Crippen molar-refractivity contribution < 1.29 is 4.39 Å². The first kappa shape index (κ1) is 16.0. The lowest BCUT2D eigenvalue weighted by molar-refractivity contribution is 0.626. The smallest absolute Gasteiger partial charge is 0.273 e. The summed E-state index contributed by atoms with van der Waals surface area (Å²) < 4.78 is 17.4. The van der Waals surface area contributed by atoms with Gasteiger partial charge in [0, 0.05) is 11.6 Å². The molecule has 1 aromatic carbocycles. The van der Waals surface area contributed by atoms with Crippen molar-refractivity contribution >= 4 is 45.5 Å². The van der Waals surface area contributed by atoms with E-state index in [0.717, 1.165) is 0 Å². The summed E-state index contributed by atoms with van der Waals surface area (Å²) >= 11 is 12.5. The van der Waals surface area contributed by atoms with Crippen LogP contribution in [0.5, 0.6) is 0 Å². The molecular weight excluding hydrogens is 357 g/mol. The Balaban J connectivity index is 2.09. The average Bonchev–Trinajstić information content (AvgIpc) is 2.82. The number of hydrogen-bond acceptors (Lipinski definition) is 4. The van der Waals surface area contributed by atoms with Crippen LogP contribution in [0.4, 0.5) is 4.39 Å². The maximum atomic E-state index is 13.1. The minimum absolute atomic E-state index is 0.200. The summed E-state index contributed by atoms with van der Waals surface area (Å²) in [6, 6.07) is 4.08. The number of thiazole rings is 1. The molecule has 4 nitrogen and oxygen atoms in total. The molecule has 2 heterocycles. The molecule has 0 amide bonds. The van der Waals surface area contributed by atoms with E-state index < -0.39 is 5.82 Å². The van der Waals surface area contributed by atoms with Crippen molar-refractivity contribution in [1.82, 2.24) is 14.1 Å². The topological polar surface area (TPSA) is 39.8 Å². The lowest BCUT2D eigenvalue weighted by Crippen LogP contribution is -2.21. The fourth-order valence-corrected chi connectivity index (χ4v) is 3.75. The molecule has 0 aliphatic carbocycles. The number of benzene rings is 1. The van der Waals surface area contributed by atoms with E-state index in [4.69, 9.17) is 23.8 Å². The number of aromatic nitrogens is 3.